The number of methoxy groups -OCH3 is 1. The number of ether oxygens (including phenoxy) is 1. The van der Waals surface area contributed by atoms with Gasteiger partial charge in [-0.05, 0) is 59.5 Å². The van der Waals surface area contributed by atoms with Gasteiger partial charge in [-0.2, -0.15) is 0 Å². The van der Waals surface area contributed by atoms with E-state index in [0.29, 0.717) is 6.04 Å². The molecule has 0 aliphatic heterocycles. The van der Waals surface area contributed by atoms with Crippen molar-refractivity contribution in [3.8, 4) is 0 Å². The van der Waals surface area contributed by atoms with E-state index in [4.69, 9.17) is 4.74 Å². The Bertz CT molecular complexity index is 307. The summed E-state index contributed by atoms with van der Waals surface area (Å²) >= 11 is 0. The van der Waals surface area contributed by atoms with Crippen molar-refractivity contribution in [3.05, 3.63) is 0 Å². The summed E-state index contributed by atoms with van der Waals surface area (Å²) in [6.45, 7) is 7.51. The predicted octanol–water partition coefficient (Wildman–Crippen LogP) is 2.57. The van der Waals surface area contributed by atoms with Gasteiger partial charge in [0.15, 0.2) is 0 Å². The lowest BCUT2D eigenvalue weighted by atomic mass is 9.78. The van der Waals surface area contributed by atoms with Crippen LogP contribution in [0.25, 0.3) is 0 Å². The van der Waals surface area contributed by atoms with Gasteiger partial charge in [0.25, 0.3) is 0 Å². The first-order chi connectivity index (χ1) is 9.45. The first-order valence-corrected chi connectivity index (χ1v) is 8.01. The van der Waals surface area contributed by atoms with E-state index in [0.717, 1.165) is 25.8 Å². The molecule has 0 spiro atoms. The molecular weight excluding hydrogens is 252 g/mol. The molecule has 0 amide bonds. The lowest BCUT2D eigenvalue weighted by molar-refractivity contribution is -0.151. The molecule has 0 saturated heterocycles. The standard InChI is InChI=1S/C16H32N2O2/c1-6-7-11-18(4)14-9-8-10-16(12-14,15(19)20-5)17-13(2)3/h13-14,17H,6-12H2,1-5H3. The number of unbranched alkanes of at least 4 members (excludes halogenated alkanes) is 1. The monoisotopic (exact) mass is 284 g/mol. The van der Waals surface area contributed by atoms with Crippen LogP contribution in [0, 0.1) is 0 Å². The van der Waals surface area contributed by atoms with Gasteiger partial charge in [-0.1, -0.05) is 13.3 Å². The molecule has 1 N–H and O–H groups in total. The molecule has 0 heterocycles. The number of esters is 1. The van der Waals surface area contributed by atoms with Crippen LogP contribution in [0.5, 0.6) is 0 Å². The van der Waals surface area contributed by atoms with E-state index in [-0.39, 0.29) is 12.0 Å². The molecule has 0 bridgehead atoms. The van der Waals surface area contributed by atoms with Gasteiger partial charge >= 0.3 is 5.97 Å². The molecule has 1 aliphatic carbocycles. The molecule has 1 rings (SSSR count). The fourth-order valence-electron chi connectivity index (χ4n) is 3.34. The Morgan fingerprint density at radius 2 is 2.20 bits per heavy atom. The summed E-state index contributed by atoms with van der Waals surface area (Å²) in [5, 5.41) is 3.49. The van der Waals surface area contributed by atoms with Gasteiger partial charge < -0.3 is 9.64 Å². The zero-order valence-electron chi connectivity index (χ0n) is 13.9. The van der Waals surface area contributed by atoms with Crippen LogP contribution in [-0.4, -0.2) is 49.2 Å². The van der Waals surface area contributed by atoms with Crippen molar-refractivity contribution in [2.45, 2.75) is 76.9 Å². The maximum atomic E-state index is 12.3. The quantitative estimate of drug-likeness (QED) is 0.730. The molecule has 4 nitrogen and oxygen atoms in total. The average molecular weight is 284 g/mol. The van der Waals surface area contributed by atoms with Gasteiger partial charge in [-0.15, -0.1) is 0 Å². The maximum absolute atomic E-state index is 12.3. The largest absolute Gasteiger partial charge is 0.468 e. The number of hydrogen-bond acceptors (Lipinski definition) is 4. The third-order valence-corrected chi connectivity index (χ3v) is 4.35. The van der Waals surface area contributed by atoms with Crippen molar-refractivity contribution in [2.24, 2.45) is 0 Å². The molecule has 1 aliphatic rings. The summed E-state index contributed by atoms with van der Waals surface area (Å²) in [7, 11) is 3.68. The smallest absolute Gasteiger partial charge is 0.326 e. The van der Waals surface area contributed by atoms with Gasteiger partial charge in [0.2, 0.25) is 0 Å². The van der Waals surface area contributed by atoms with Crippen molar-refractivity contribution in [1.82, 2.24) is 10.2 Å². The third-order valence-electron chi connectivity index (χ3n) is 4.35. The number of carbonyl (C=O) groups excluding carboxylic acids is 1. The molecule has 1 saturated carbocycles. The van der Waals surface area contributed by atoms with E-state index in [1.807, 2.05) is 0 Å². The van der Waals surface area contributed by atoms with Crippen LogP contribution in [0.3, 0.4) is 0 Å². The zero-order valence-corrected chi connectivity index (χ0v) is 13.9. The Kier molecular flexibility index (Phi) is 6.96. The van der Waals surface area contributed by atoms with Crippen LogP contribution in [-0.2, 0) is 9.53 Å². The first kappa shape index (κ1) is 17.4. The molecular formula is C16H32N2O2. The van der Waals surface area contributed by atoms with Crippen LogP contribution in [0.4, 0.5) is 0 Å². The number of nitrogens with one attached hydrogen (secondary N) is 1. The van der Waals surface area contributed by atoms with Crippen molar-refractivity contribution in [1.29, 1.82) is 0 Å². The van der Waals surface area contributed by atoms with Crippen molar-refractivity contribution in [2.75, 3.05) is 20.7 Å². The molecule has 0 aromatic heterocycles. The molecule has 1 fully saturated rings. The number of hydrogen-bond donors (Lipinski definition) is 1. The Labute approximate surface area is 124 Å². The number of rotatable bonds is 7. The van der Waals surface area contributed by atoms with Gasteiger partial charge in [-0.3, -0.25) is 10.1 Å². The minimum absolute atomic E-state index is 0.0974. The van der Waals surface area contributed by atoms with E-state index in [1.54, 1.807) is 0 Å². The second-order valence-corrected chi connectivity index (χ2v) is 6.46. The highest BCUT2D eigenvalue weighted by atomic mass is 16.5. The summed E-state index contributed by atoms with van der Waals surface area (Å²) < 4.78 is 5.08. The highest BCUT2D eigenvalue weighted by Crippen LogP contribution is 2.32. The molecule has 20 heavy (non-hydrogen) atoms. The van der Waals surface area contributed by atoms with Gasteiger partial charge in [0, 0.05) is 12.1 Å². The lowest BCUT2D eigenvalue weighted by Gasteiger charge is -2.43. The third kappa shape index (κ3) is 4.45. The fourth-order valence-corrected chi connectivity index (χ4v) is 3.34. The van der Waals surface area contributed by atoms with E-state index >= 15 is 0 Å². The highest BCUT2D eigenvalue weighted by Gasteiger charge is 2.44. The Morgan fingerprint density at radius 3 is 2.75 bits per heavy atom. The molecule has 4 heteroatoms. The fraction of sp³-hybridized carbons (Fsp3) is 0.938. The second kappa shape index (κ2) is 7.99. The summed E-state index contributed by atoms with van der Waals surface area (Å²) in [6, 6.07) is 0.759. The average Bonchev–Trinajstić information content (AvgIpc) is 2.43. The maximum Gasteiger partial charge on any atom is 0.326 e. The molecule has 118 valence electrons. The van der Waals surface area contributed by atoms with E-state index < -0.39 is 5.54 Å². The van der Waals surface area contributed by atoms with Crippen molar-refractivity contribution in [3.63, 3.8) is 0 Å². The van der Waals surface area contributed by atoms with Crippen LogP contribution < -0.4 is 5.32 Å². The van der Waals surface area contributed by atoms with Crippen LogP contribution in [0.1, 0.15) is 59.3 Å². The lowest BCUT2D eigenvalue weighted by Crippen LogP contribution is -2.60. The number of carbonyl (C=O) groups is 1. The molecule has 2 unspecified atom stereocenters. The van der Waals surface area contributed by atoms with Crippen LogP contribution >= 0.6 is 0 Å². The summed E-state index contributed by atoms with van der Waals surface area (Å²) in [5.74, 6) is -0.0974. The molecule has 0 aromatic rings. The van der Waals surface area contributed by atoms with Crippen molar-refractivity contribution >= 4 is 5.97 Å². The van der Waals surface area contributed by atoms with Crippen LogP contribution in [0.15, 0.2) is 0 Å². The summed E-state index contributed by atoms with van der Waals surface area (Å²) in [5.41, 5.74) is -0.494. The topological polar surface area (TPSA) is 41.6 Å². The van der Waals surface area contributed by atoms with E-state index in [1.165, 1.54) is 26.4 Å². The van der Waals surface area contributed by atoms with Gasteiger partial charge in [0.1, 0.15) is 5.54 Å². The molecule has 2 atom stereocenters. The predicted molar refractivity (Wildman–Crippen MR) is 82.8 cm³/mol. The zero-order chi connectivity index (χ0) is 15.2. The Hall–Kier alpha value is -0.610. The van der Waals surface area contributed by atoms with Gasteiger partial charge in [0.05, 0.1) is 7.11 Å². The second-order valence-electron chi connectivity index (χ2n) is 6.46. The Morgan fingerprint density at radius 1 is 1.50 bits per heavy atom. The molecule has 0 aromatic carbocycles. The molecule has 0 radical (unpaired) electrons. The van der Waals surface area contributed by atoms with Gasteiger partial charge in [-0.25, -0.2) is 0 Å². The van der Waals surface area contributed by atoms with E-state index in [2.05, 4.69) is 38.0 Å². The summed E-state index contributed by atoms with van der Waals surface area (Å²) in [6.07, 6.45) is 6.43. The van der Waals surface area contributed by atoms with Crippen molar-refractivity contribution < 1.29 is 9.53 Å². The normalized spacial score (nSPS) is 27.1. The van der Waals surface area contributed by atoms with Crippen LogP contribution in [0.2, 0.25) is 0 Å². The SMILES string of the molecule is CCCCN(C)C1CCCC(NC(C)C)(C(=O)OC)C1. The minimum atomic E-state index is -0.494. The first-order valence-electron chi connectivity index (χ1n) is 8.01. The number of nitrogens with zero attached hydrogens (tertiary/aromatic N) is 1. The highest BCUT2D eigenvalue weighted by molar-refractivity contribution is 5.81. The minimum Gasteiger partial charge on any atom is -0.468 e. The van der Waals surface area contributed by atoms with E-state index in [9.17, 15) is 4.79 Å². The summed E-state index contributed by atoms with van der Waals surface area (Å²) in [4.78, 5) is 14.7. The Balaban J connectivity index is 2.77.